The molecule has 0 spiro atoms. The van der Waals surface area contributed by atoms with E-state index in [1.54, 1.807) is 42.7 Å². The van der Waals surface area contributed by atoms with Crippen molar-refractivity contribution in [3.8, 4) is 5.75 Å². The van der Waals surface area contributed by atoms with Gasteiger partial charge in [0.1, 0.15) is 11.5 Å². The number of halogens is 1. The number of ketones is 1. The fourth-order valence-electron chi connectivity index (χ4n) is 3.84. The Balaban J connectivity index is 1.84. The smallest absolute Gasteiger partial charge is 0.295 e. The van der Waals surface area contributed by atoms with Gasteiger partial charge in [-0.25, -0.2) is 0 Å². The number of nitrogens with zero attached hydrogens (tertiary/aromatic N) is 2. The number of carbonyl (C=O) groups excluding carboxylic acids is 2. The van der Waals surface area contributed by atoms with Crippen LogP contribution in [0.1, 0.15) is 36.1 Å². The van der Waals surface area contributed by atoms with E-state index in [2.05, 4.69) is 20.9 Å². The number of hydrogen-bond donors (Lipinski definition) is 1. The lowest BCUT2D eigenvalue weighted by molar-refractivity contribution is -0.140. The molecule has 1 aromatic heterocycles. The van der Waals surface area contributed by atoms with Gasteiger partial charge in [-0.15, -0.1) is 0 Å². The summed E-state index contributed by atoms with van der Waals surface area (Å²) in [4.78, 5) is 31.9. The highest BCUT2D eigenvalue weighted by Gasteiger charge is 2.46. The summed E-state index contributed by atoms with van der Waals surface area (Å²) >= 11 is 3.38. The van der Waals surface area contributed by atoms with E-state index < -0.39 is 17.7 Å². The van der Waals surface area contributed by atoms with Crippen molar-refractivity contribution >= 4 is 33.4 Å². The van der Waals surface area contributed by atoms with Gasteiger partial charge in [-0.05, 0) is 47.9 Å². The van der Waals surface area contributed by atoms with Crippen LogP contribution in [0.5, 0.6) is 5.75 Å². The zero-order valence-corrected chi connectivity index (χ0v) is 19.7. The molecule has 0 radical (unpaired) electrons. The Labute approximate surface area is 200 Å². The molecule has 7 heteroatoms. The molecule has 1 atom stereocenters. The monoisotopic (exact) mass is 506 g/mol. The van der Waals surface area contributed by atoms with Crippen LogP contribution in [0.2, 0.25) is 0 Å². The van der Waals surface area contributed by atoms with E-state index in [9.17, 15) is 14.7 Å². The number of benzene rings is 2. The molecule has 33 heavy (non-hydrogen) atoms. The van der Waals surface area contributed by atoms with Crippen molar-refractivity contribution in [2.75, 3.05) is 6.61 Å². The SMILES string of the molecule is CCCOc1cccc([C@H]2/C(=C(\O)c3ccc(Br)cc3)C(=O)C(=O)N2Cc2cccnc2)c1. The van der Waals surface area contributed by atoms with Crippen molar-refractivity contribution in [1.29, 1.82) is 0 Å². The van der Waals surface area contributed by atoms with Crippen LogP contribution in [0.25, 0.3) is 5.76 Å². The Morgan fingerprint density at radius 1 is 1.12 bits per heavy atom. The van der Waals surface area contributed by atoms with Gasteiger partial charge in [0.25, 0.3) is 11.7 Å². The molecule has 0 aliphatic carbocycles. The average Bonchev–Trinajstić information content (AvgIpc) is 3.08. The summed E-state index contributed by atoms with van der Waals surface area (Å²) in [5, 5.41) is 11.1. The normalized spacial score (nSPS) is 17.4. The lowest BCUT2D eigenvalue weighted by Crippen LogP contribution is -2.29. The van der Waals surface area contributed by atoms with Gasteiger partial charge in [0, 0.05) is 29.0 Å². The lowest BCUT2D eigenvalue weighted by atomic mass is 9.95. The van der Waals surface area contributed by atoms with Crippen molar-refractivity contribution in [3.05, 3.63) is 99.8 Å². The van der Waals surface area contributed by atoms with Crippen molar-refractivity contribution < 1.29 is 19.4 Å². The number of Topliss-reactive ketones (excluding diaryl/α,β-unsaturated/α-hetero) is 1. The molecule has 0 saturated carbocycles. The standard InChI is InChI=1S/C26H23BrN2O4/c1-2-13-33-21-7-3-6-19(14-21)23-22(24(30)18-8-10-20(27)11-9-18)25(31)26(32)29(23)16-17-5-4-12-28-15-17/h3-12,14-15,23,30H,2,13,16H2,1H3/b24-22+/t23-/m0/s1. The molecule has 2 aromatic carbocycles. The van der Waals surface area contributed by atoms with Crippen LogP contribution >= 0.6 is 15.9 Å². The zero-order chi connectivity index (χ0) is 23.4. The van der Waals surface area contributed by atoms with Gasteiger partial charge in [0.05, 0.1) is 18.2 Å². The van der Waals surface area contributed by atoms with E-state index in [1.807, 2.05) is 37.3 Å². The van der Waals surface area contributed by atoms with Gasteiger partial charge in [0.2, 0.25) is 0 Å². The molecular formula is C26H23BrN2O4. The first-order chi connectivity index (χ1) is 16.0. The largest absolute Gasteiger partial charge is 0.507 e. The molecule has 1 amide bonds. The van der Waals surface area contributed by atoms with Crippen molar-refractivity contribution in [2.24, 2.45) is 0 Å². The summed E-state index contributed by atoms with van der Waals surface area (Å²) in [5.41, 5.74) is 1.98. The summed E-state index contributed by atoms with van der Waals surface area (Å²) in [5.74, 6) is -0.948. The molecule has 1 aliphatic rings. The van der Waals surface area contributed by atoms with Crippen molar-refractivity contribution in [2.45, 2.75) is 25.9 Å². The van der Waals surface area contributed by atoms with Gasteiger partial charge < -0.3 is 14.7 Å². The average molecular weight is 507 g/mol. The Hall–Kier alpha value is -3.45. The summed E-state index contributed by atoms with van der Waals surface area (Å²) in [6, 6.07) is 17.1. The first-order valence-corrected chi connectivity index (χ1v) is 11.4. The third-order valence-electron chi connectivity index (χ3n) is 5.38. The summed E-state index contributed by atoms with van der Waals surface area (Å²) in [6.07, 6.45) is 4.16. The van der Waals surface area contributed by atoms with E-state index >= 15 is 0 Å². The molecule has 3 aromatic rings. The highest BCUT2D eigenvalue weighted by Crippen LogP contribution is 2.41. The minimum atomic E-state index is -0.765. The van der Waals surface area contributed by atoms with Crippen LogP contribution in [0.4, 0.5) is 0 Å². The van der Waals surface area contributed by atoms with Crippen LogP contribution < -0.4 is 4.74 Å². The highest BCUT2D eigenvalue weighted by atomic mass is 79.9. The maximum Gasteiger partial charge on any atom is 0.295 e. The second-order valence-corrected chi connectivity index (χ2v) is 8.63. The fraction of sp³-hybridized carbons (Fsp3) is 0.192. The number of likely N-dealkylation sites (tertiary alicyclic amines) is 1. The summed E-state index contributed by atoms with van der Waals surface area (Å²) in [6.45, 7) is 2.75. The maximum atomic E-state index is 13.2. The van der Waals surface area contributed by atoms with E-state index in [0.29, 0.717) is 23.5 Å². The summed E-state index contributed by atoms with van der Waals surface area (Å²) < 4.78 is 6.62. The van der Waals surface area contributed by atoms with E-state index in [4.69, 9.17) is 4.74 Å². The molecule has 0 unspecified atom stereocenters. The number of amides is 1. The Morgan fingerprint density at radius 2 is 1.91 bits per heavy atom. The molecular weight excluding hydrogens is 484 g/mol. The number of aromatic nitrogens is 1. The number of pyridine rings is 1. The van der Waals surface area contributed by atoms with Crippen molar-refractivity contribution in [3.63, 3.8) is 0 Å². The second kappa shape index (κ2) is 10.0. The third-order valence-corrected chi connectivity index (χ3v) is 5.91. The Bertz CT molecular complexity index is 1190. The minimum Gasteiger partial charge on any atom is -0.507 e. The van der Waals surface area contributed by atoms with Gasteiger partial charge in [-0.3, -0.25) is 14.6 Å². The van der Waals surface area contributed by atoms with Crippen LogP contribution in [0.15, 0.2) is 83.1 Å². The first kappa shape index (κ1) is 22.7. The van der Waals surface area contributed by atoms with E-state index in [0.717, 1.165) is 16.5 Å². The zero-order valence-electron chi connectivity index (χ0n) is 18.1. The molecule has 168 valence electrons. The minimum absolute atomic E-state index is 0.0545. The highest BCUT2D eigenvalue weighted by molar-refractivity contribution is 9.10. The van der Waals surface area contributed by atoms with E-state index in [1.165, 1.54) is 4.90 Å². The van der Waals surface area contributed by atoms with Gasteiger partial charge >= 0.3 is 0 Å². The molecule has 1 aliphatic heterocycles. The lowest BCUT2D eigenvalue weighted by Gasteiger charge is -2.25. The predicted octanol–water partition coefficient (Wildman–Crippen LogP) is 5.25. The molecule has 0 bridgehead atoms. The number of ether oxygens (including phenoxy) is 1. The van der Waals surface area contributed by atoms with Crippen LogP contribution in [-0.4, -0.2) is 33.3 Å². The second-order valence-electron chi connectivity index (χ2n) is 7.72. The fourth-order valence-corrected chi connectivity index (χ4v) is 4.10. The third kappa shape index (κ3) is 4.83. The number of carbonyl (C=O) groups is 2. The number of aliphatic hydroxyl groups is 1. The summed E-state index contributed by atoms with van der Waals surface area (Å²) in [7, 11) is 0. The van der Waals surface area contributed by atoms with Crippen LogP contribution in [0, 0.1) is 0 Å². The number of rotatable bonds is 7. The maximum absolute atomic E-state index is 13.2. The van der Waals surface area contributed by atoms with Crippen molar-refractivity contribution in [1.82, 2.24) is 9.88 Å². The van der Waals surface area contributed by atoms with Gasteiger partial charge in [-0.2, -0.15) is 0 Å². The van der Waals surface area contributed by atoms with Crippen LogP contribution in [-0.2, 0) is 16.1 Å². The predicted molar refractivity (Wildman–Crippen MR) is 128 cm³/mol. The Morgan fingerprint density at radius 3 is 2.61 bits per heavy atom. The molecule has 2 heterocycles. The Kier molecular flexibility index (Phi) is 6.89. The molecule has 4 rings (SSSR count). The molecule has 6 nitrogen and oxygen atoms in total. The molecule has 1 N–H and O–H groups in total. The quantitative estimate of drug-likeness (QED) is 0.268. The van der Waals surface area contributed by atoms with Crippen LogP contribution in [0.3, 0.4) is 0 Å². The topological polar surface area (TPSA) is 79.7 Å². The van der Waals surface area contributed by atoms with Gasteiger partial charge in [0.15, 0.2) is 0 Å². The molecule has 1 fully saturated rings. The number of aliphatic hydroxyl groups excluding tert-OH is 1. The van der Waals surface area contributed by atoms with E-state index in [-0.39, 0.29) is 17.9 Å². The first-order valence-electron chi connectivity index (χ1n) is 10.7. The van der Waals surface area contributed by atoms with Gasteiger partial charge in [-0.1, -0.05) is 53.2 Å². The molecule has 1 saturated heterocycles. The number of hydrogen-bond acceptors (Lipinski definition) is 5.